The van der Waals surface area contributed by atoms with Crippen LogP contribution in [0.15, 0.2) is 12.1 Å². The van der Waals surface area contributed by atoms with E-state index in [0.29, 0.717) is 17.2 Å². The molecule has 1 atom stereocenters. The molecule has 1 unspecified atom stereocenters. The molecule has 1 aromatic rings. The molecule has 0 amide bonds. The third-order valence-electron chi connectivity index (χ3n) is 3.76. The summed E-state index contributed by atoms with van der Waals surface area (Å²) in [6, 6.07) is 2.89. The Bertz CT molecular complexity index is 433. The molecule has 20 heavy (non-hydrogen) atoms. The highest BCUT2D eigenvalue weighted by molar-refractivity contribution is 5.27. The molecule has 114 valence electrons. The first kappa shape index (κ1) is 17.1. The molecular formula is C16H26F2N2. The molecule has 1 N–H and O–H groups in total. The second-order valence-electron chi connectivity index (χ2n) is 5.73. The average Bonchev–Trinajstić information content (AvgIpc) is 2.38. The molecule has 0 aliphatic rings. The van der Waals surface area contributed by atoms with Crippen molar-refractivity contribution in [3.63, 3.8) is 0 Å². The van der Waals surface area contributed by atoms with Gasteiger partial charge in [-0.05, 0) is 71.9 Å². The third kappa shape index (κ3) is 4.84. The zero-order chi connectivity index (χ0) is 15.3. The first-order valence-corrected chi connectivity index (χ1v) is 7.22. The Morgan fingerprint density at radius 1 is 1.15 bits per heavy atom. The van der Waals surface area contributed by atoms with Crippen molar-refractivity contribution in [2.45, 2.75) is 46.2 Å². The van der Waals surface area contributed by atoms with Gasteiger partial charge in [0.15, 0.2) is 0 Å². The number of halogens is 2. The normalized spacial score (nSPS) is 13.2. The van der Waals surface area contributed by atoms with Crippen LogP contribution in [0.3, 0.4) is 0 Å². The van der Waals surface area contributed by atoms with Crippen molar-refractivity contribution in [2.75, 3.05) is 20.1 Å². The van der Waals surface area contributed by atoms with Crippen LogP contribution in [0.2, 0.25) is 0 Å². The van der Waals surface area contributed by atoms with E-state index in [9.17, 15) is 8.78 Å². The van der Waals surface area contributed by atoms with E-state index in [1.54, 1.807) is 6.92 Å². The molecule has 0 spiro atoms. The molecule has 0 heterocycles. The molecule has 0 fully saturated rings. The number of nitrogens with one attached hydrogen (secondary N) is 1. The molecule has 0 aliphatic carbocycles. The molecule has 1 aromatic carbocycles. The first-order valence-electron chi connectivity index (χ1n) is 7.22. The summed E-state index contributed by atoms with van der Waals surface area (Å²) >= 11 is 0. The van der Waals surface area contributed by atoms with Crippen molar-refractivity contribution in [2.24, 2.45) is 0 Å². The van der Waals surface area contributed by atoms with Gasteiger partial charge in [0.25, 0.3) is 0 Å². The van der Waals surface area contributed by atoms with E-state index in [1.807, 2.05) is 6.92 Å². The van der Waals surface area contributed by atoms with Gasteiger partial charge in [0, 0.05) is 17.6 Å². The van der Waals surface area contributed by atoms with E-state index < -0.39 is 0 Å². The highest BCUT2D eigenvalue weighted by Gasteiger charge is 2.13. The van der Waals surface area contributed by atoms with Gasteiger partial charge in [-0.15, -0.1) is 0 Å². The lowest BCUT2D eigenvalue weighted by Crippen LogP contribution is -2.30. The molecule has 0 saturated heterocycles. The summed E-state index contributed by atoms with van der Waals surface area (Å²) in [7, 11) is 2.09. The van der Waals surface area contributed by atoms with Crippen molar-refractivity contribution in [3.05, 3.63) is 34.9 Å². The van der Waals surface area contributed by atoms with Gasteiger partial charge >= 0.3 is 0 Å². The van der Waals surface area contributed by atoms with Crippen LogP contribution < -0.4 is 5.32 Å². The fourth-order valence-electron chi connectivity index (χ4n) is 2.01. The molecule has 4 heteroatoms. The van der Waals surface area contributed by atoms with Crippen LogP contribution in [-0.4, -0.2) is 31.1 Å². The summed E-state index contributed by atoms with van der Waals surface area (Å²) in [6.07, 6.45) is 0.981. The van der Waals surface area contributed by atoms with Crippen LogP contribution in [-0.2, 0) is 0 Å². The van der Waals surface area contributed by atoms with Gasteiger partial charge in [-0.25, -0.2) is 8.78 Å². The number of nitrogens with zero attached hydrogens (tertiary/aromatic N) is 1. The lowest BCUT2D eigenvalue weighted by Gasteiger charge is -2.22. The minimum atomic E-state index is -0.352. The average molecular weight is 284 g/mol. The first-order chi connectivity index (χ1) is 9.32. The Balaban J connectivity index is 2.47. The summed E-state index contributed by atoms with van der Waals surface area (Å²) in [6.45, 7) is 9.51. The maximum Gasteiger partial charge on any atom is 0.128 e. The largest absolute Gasteiger partial charge is 0.310 e. The lowest BCUT2D eigenvalue weighted by molar-refractivity contribution is 0.268. The summed E-state index contributed by atoms with van der Waals surface area (Å²) < 4.78 is 27.3. The van der Waals surface area contributed by atoms with Crippen molar-refractivity contribution in [3.8, 4) is 0 Å². The fraction of sp³-hybridized carbons (Fsp3) is 0.625. The minimum Gasteiger partial charge on any atom is -0.310 e. The number of hydrogen-bond acceptors (Lipinski definition) is 2. The van der Waals surface area contributed by atoms with Crippen molar-refractivity contribution < 1.29 is 8.78 Å². The summed E-state index contributed by atoms with van der Waals surface area (Å²) in [5.41, 5.74) is 0.738. The van der Waals surface area contributed by atoms with Crippen LogP contribution in [0.5, 0.6) is 0 Å². The van der Waals surface area contributed by atoms with E-state index in [0.717, 1.165) is 19.5 Å². The van der Waals surface area contributed by atoms with Crippen molar-refractivity contribution in [1.29, 1.82) is 0 Å². The minimum absolute atomic E-state index is 0.186. The van der Waals surface area contributed by atoms with Gasteiger partial charge in [-0.2, -0.15) is 0 Å². The third-order valence-corrected chi connectivity index (χ3v) is 3.76. The SMILES string of the molecule is Cc1cc(F)c(C(C)NCCCN(C)C(C)C)cc1F. The molecule has 0 aromatic heterocycles. The molecule has 0 radical (unpaired) electrons. The van der Waals surface area contributed by atoms with Gasteiger partial charge in [0.1, 0.15) is 11.6 Å². The van der Waals surface area contributed by atoms with Crippen molar-refractivity contribution >= 4 is 0 Å². The Labute approximate surface area is 121 Å². The maximum atomic E-state index is 13.8. The van der Waals surface area contributed by atoms with E-state index in [2.05, 4.69) is 31.1 Å². The smallest absolute Gasteiger partial charge is 0.128 e. The van der Waals surface area contributed by atoms with Gasteiger partial charge in [0.2, 0.25) is 0 Å². The summed E-state index contributed by atoms with van der Waals surface area (Å²) in [4.78, 5) is 2.26. The monoisotopic (exact) mass is 284 g/mol. The van der Waals surface area contributed by atoms with Gasteiger partial charge in [-0.1, -0.05) is 0 Å². The molecule has 0 bridgehead atoms. The van der Waals surface area contributed by atoms with Crippen LogP contribution in [0.25, 0.3) is 0 Å². The van der Waals surface area contributed by atoms with E-state index >= 15 is 0 Å². The Morgan fingerprint density at radius 3 is 2.40 bits per heavy atom. The number of benzene rings is 1. The standard InChI is InChI=1S/C16H26F2N2/c1-11(2)20(5)8-6-7-19-13(4)14-10-15(17)12(3)9-16(14)18/h9-11,13,19H,6-8H2,1-5H3. The Kier molecular flexibility index (Phi) is 6.56. The second-order valence-corrected chi connectivity index (χ2v) is 5.73. The second kappa shape index (κ2) is 7.70. The topological polar surface area (TPSA) is 15.3 Å². The Morgan fingerprint density at radius 2 is 1.80 bits per heavy atom. The molecule has 2 nitrogen and oxygen atoms in total. The van der Waals surface area contributed by atoms with Gasteiger partial charge < -0.3 is 10.2 Å². The number of rotatable bonds is 7. The van der Waals surface area contributed by atoms with Crippen LogP contribution in [0, 0.1) is 18.6 Å². The fourth-order valence-corrected chi connectivity index (χ4v) is 2.01. The van der Waals surface area contributed by atoms with E-state index in [4.69, 9.17) is 0 Å². The van der Waals surface area contributed by atoms with Crippen LogP contribution >= 0.6 is 0 Å². The molecular weight excluding hydrogens is 258 g/mol. The highest BCUT2D eigenvalue weighted by atomic mass is 19.1. The van der Waals surface area contributed by atoms with Crippen LogP contribution in [0.1, 0.15) is 44.4 Å². The van der Waals surface area contributed by atoms with E-state index in [-0.39, 0.29) is 17.7 Å². The lowest BCUT2D eigenvalue weighted by atomic mass is 10.0. The van der Waals surface area contributed by atoms with E-state index in [1.165, 1.54) is 12.1 Å². The highest BCUT2D eigenvalue weighted by Crippen LogP contribution is 2.20. The Hall–Kier alpha value is -1.00. The molecule has 1 rings (SSSR count). The number of hydrogen-bond donors (Lipinski definition) is 1. The van der Waals surface area contributed by atoms with Gasteiger partial charge in [0.05, 0.1) is 0 Å². The maximum absolute atomic E-state index is 13.8. The zero-order valence-electron chi connectivity index (χ0n) is 13.1. The molecule has 0 aliphatic heterocycles. The zero-order valence-corrected chi connectivity index (χ0v) is 13.1. The van der Waals surface area contributed by atoms with Gasteiger partial charge in [-0.3, -0.25) is 0 Å². The van der Waals surface area contributed by atoms with Crippen molar-refractivity contribution in [1.82, 2.24) is 10.2 Å². The summed E-state index contributed by atoms with van der Waals surface area (Å²) in [5.74, 6) is -0.696. The number of aryl methyl sites for hydroxylation is 1. The molecule has 0 saturated carbocycles. The quantitative estimate of drug-likeness (QED) is 0.769. The van der Waals surface area contributed by atoms with Crippen LogP contribution in [0.4, 0.5) is 8.78 Å². The summed E-state index contributed by atoms with van der Waals surface area (Å²) in [5, 5.41) is 3.25. The predicted molar refractivity (Wildman–Crippen MR) is 79.9 cm³/mol. The predicted octanol–water partition coefficient (Wildman–Crippen LogP) is 3.65.